The van der Waals surface area contributed by atoms with Crippen molar-refractivity contribution >= 4 is 36.7 Å². The van der Waals surface area contributed by atoms with Crippen molar-refractivity contribution in [2.45, 2.75) is 24.3 Å². The number of hydrogen-bond acceptors (Lipinski definition) is 4. The van der Waals surface area contributed by atoms with Gasteiger partial charge in [0.2, 0.25) is 10.0 Å². The average Bonchev–Trinajstić information content (AvgIpc) is 2.72. The van der Waals surface area contributed by atoms with E-state index in [0.29, 0.717) is 28.0 Å². The van der Waals surface area contributed by atoms with Crippen LogP contribution in [0.15, 0.2) is 40.0 Å². The van der Waals surface area contributed by atoms with Gasteiger partial charge in [0, 0.05) is 36.1 Å². The lowest BCUT2D eigenvalue weighted by atomic mass is 10.2. The standard InChI is InChI=1S/C15H18BrN3O2S/c1-11-10-17-7-3-9-19(11)22(20,21)14-5-2-4-13-12(14)6-8-18-15(13)16/h2,4-6,8,11,17H,3,7,9-10H2,1H3/t11-/m0/s1. The van der Waals surface area contributed by atoms with E-state index in [2.05, 4.69) is 26.2 Å². The Labute approximate surface area is 138 Å². The highest BCUT2D eigenvalue weighted by atomic mass is 79.9. The SMILES string of the molecule is C[C@H]1CNCCCN1S(=O)(=O)c1cccc2c(Br)nccc12. The van der Waals surface area contributed by atoms with Crippen LogP contribution in [0.25, 0.3) is 10.8 Å². The van der Waals surface area contributed by atoms with Crippen LogP contribution < -0.4 is 5.32 Å². The molecule has 1 saturated heterocycles. The van der Waals surface area contributed by atoms with Crippen molar-refractivity contribution in [1.29, 1.82) is 0 Å². The number of aromatic nitrogens is 1. The maximum atomic E-state index is 13.1. The highest BCUT2D eigenvalue weighted by Crippen LogP contribution is 2.30. The lowest BCUT2D eigenvalue weighted by molar-refractivity contribution is 0.354. The highest BCUT2D eigenvalue weighted by Gasteiger charge is 2.31. The van der Waals surface area contributed by atoms with Crippen molar-refractivity contribution in [1.82, 2.24) is 14.6 Å². The maximum absolute atomic E-state index is 13.1. The predicted molar refractivity (Wildman–Crippen MR) is 90.3 cm³/mol. The number of nitrogens with one attached hydrogen (secondary N) is 1. The number of benzene rings is 1. The Morgan fingerprint density at radius 1 is 1.32 bits per heavy atom. The summed E-state index contributed by atoms with van der Waals surface area (Å²) in [6.07, 6.45) is 2.44. The van der Waals surface area contributed by atoms with E-state index in [9.17, 15) is 8.42 Å². The molecule has 1 aromatic heterocycles. The molecule has 0 aliphatic carbocycles. The molecule has 1 fully saturated rings. The molecular formula is C15H18BrN3O2S. The molecule has 0 spiro atoms. The third-order valence-corrected chi connectivity index (χ3v) is 6.67. The Balaban J connectivity index is 2.15. The number of rotatable bonds is 2. The van der Waals surface area contributed by atoms with E-state index < -0.39 is 10.0 Å². The summed E-state index contributed by atoms with van der Waals surface area (Å²) in [4.78, 5) is 4.52. The van der Waals surface area contributed by atoms with Gasteiger partial charge < -0.3 is 5.32 Å². The first-order valence-electron chi connectivity index (χ1n) is 7.27. The molecule has 2 heterocycles. The van der Waals surface area contributed by atoms with Crippen molar-refractivity contribution in [3.8, 4) is 0 Å². The molecular weight excluding hydrogens is 366 g/mol. The van der Waals surface area contributed by atoms with Gasteiger partial charge in [0.15, 0.2) is 0 Å². The van der Waals surface area contributed by atoms with Crippen molar-refractivity contribution in [3.63, 3.8) is 0 Å². The molecule has 1 atom stereocenters. The molecule has 1 aromatic carbocycles. The highest BCUT2D eigenvalue weighted by molar-refractivity contribution is 9.10. The van der Waals surface area contributed by atoms with Crippen LogP contribution in [0.3, 0.4) is 0 Å². The van der Waals surface area contributed by atoms with Gasteiger partial charge in [0.05, 0.1) is 4.90 Å². The summed E-state index contributed by atoms with van der Waals surface area (Å²) in [7, 11) is -3.53. The van der Waals surface area contributed by atoms with Crippen LogP contribution in [-0.2, 0) is 10.0 Å². The first-order valence-corrected chi connectivity index (χ1v) is 9.51. The minimum absolute atomic E-state index is 0.0620. The van der Waals surface area contributed by atoms with Crippen LogP contribution in [0.1, 0.15) is 13.3 Å². The Hall–Kier alpha value is -1.02. The van der Waals surface area contributed by atoms with Gasteiger partial charge in [-0.2, -0.15) is 4.31 Å². The summed E-state index contributed by atoms with van der Waals surface area (Å²) in [6, 6.07) is 7.01. The van der Waals surface area contributed by atoms with Gasteiger partial charge in [-0.1, -0.05) is 12.1 Å². The van der Waals surface area contributed by atoms with Crippen LogP contribution in [0.2, 0.25) is 0 Å². The Bertz CT molecular complexity index is 794. The second-order valence-corrected chi connectivity index (χ2v) is 8.09. The van der Waals surface area contributed by atoms with Gasteiger partial charge in [-0.25, -0.2) is 13.4 Å². The molecule has 1 aliphatic rings. The van der Waals surface area contributed by atoms with Crippen LogP contribution >= 0.6 is 15.9 Å². The molecule has 1 aliphatic heterocycles. The molecule has 2 aromatic rings. The zero-order valence-corrected chi connectivity index (χ0v) is 14.7. The normalized spacial score (nSPS) is 20.9. The monoisotopic (exact) mass is 383 g/mol. The molecule has 7 heteroatoms. The molecule has 0 amide bonds. The van der Waals surface area contributed by atoms with Gasteiger partial charge in [-0.15, -0.1) is 0 Å². The zero-order chi connectivity index (χ0) is 15.7. The van der Waals surface area contributed by atoms with Gasteiger partial charge >= 0.3 is 0 Å². The molecule has 118 valence electrons. The molecule has 22 heavy (non-hydrogen) atoms. The van der Waals surface area contributed by atoms with Crippen molar-refractivity contribution in [2.75, 3.05) is 19.6 Å². The third kappa shape index (κ3) is 2.78. The van der Waals surface area contributed by atoms with Gasteiger partial charge in [0.1, 0.15) is 4.60 Å². The van der Waals surface area contributed by atoms with Gasteiger partial charge in [-0.05, 0) is 48.0 Å². The fourth-order valence-electron chi connectivity index (χ4n) is 2.84. The van der Waals surface area contributed by atoms with Crippen molar-refractivity contribution in [2.24, 2.45) is 0 Å². The Morgan fingerprint density at radius 2 is 2.14 bits per heavy atom. The molecule has 0 saturated carbocycles. The number of sulfonamides is 1. The Kier molecular flexibility index (Phi) is 4.49. The summed E-state index contributed by atoms with van der Waals surface area (Å²) in [6.45, 7) is 4.01. The lowest BCUT2D eigenvalue weighted by Crippen LogP contribution is -2.41. The van der Waals surface area contributed by atoms with Crippen molar-refractivity contribution in [3.05, 3.63) is 35.1 Å². The number of nitrogens with zero attached hydrogens (tertiary/aromatic N) is 2. The minimum atomic E-state index is -3.53. The number of fused-ring (bicyclic) bond motifs is 1. The molecule has 5 nitrogen and oxygen atoms in total. The first kappa shape index (κ1) is 15.9. The molecule has 0 unspecified atom stereocenters. The molecule has 1 N–H and O–H groups in total. The fraction of sp³-hybridized carbons (Fsp3) is 0.400. The third-order valence-electron chi connectivity index (χ3n) is 3.97. The quantitative estimate of drug-likeness (QED) is 0.808. The van der Waals surface area contributed by atoms with E-state index in [4.69, 9.17) is 0 Å². The topological polar surface area (TPSA) is 62.3 Å². The van der Waals surface area contributed by atoms with E-state index in [-0.39, 0.29) is 6.04 Å². The second-order valence-electron chi connectivity index (χ2n) is 5.48. The summed E-state index contributed by atoms with van der Waals surface area (Å²) in [5.74, 6) is 0. The number of pyridine rings is 1. The summed E-state index contributed by atoms with van der Waals surface area (Å²) >= 11 is 3.39. The number of hydrogen-bond donors (Lipinski definition) is 1. The average molecular weight is 384 g/mol. The summed E-state index contributed by atoms with van der Waals surface area (Å²) in [5, 5.41) is 4.79. The maximum Gasteiger partial charge on any atom is 0.243 e. The van der Waals surface area contributed by atoms with Gasteiger partial charge in [0.25, 0.3) is 0 Å². The largest absolute Gasteiger partial charge is 0.315 e. The second kappa shape index (κ2) is 6.23. The summed E-state index contributed by atoms with van der Waals surface area (Å²) < 4.78 is 28.5. The van der Waals surface area contributed by atoms with E-state index in [1.165, 1.54) is 0 Å². The minimum Gasteiger partial charge on any atom is -0.315 e. The van der Waals surface area contributed by atoms with E-state index in [0.717, 1.165) is 18.4 Å². The fourth-order valence-corrected chi connectivity index (χ4v) is 5.18. The number of halogens is 1. The van der Waals surface area contributed by atoms with Crippen LogP contribution in [0.4, 0.5) is 0 Å². The molecule has 3 rings (SSSR count). The first-order chi connectivity index (χ1) is 10.5. The zero-order valence-electron chi connectivity index (χ0n) is 12.3. The smallest absolute Gasteiger partial charge is 0.243 e. The van der Waals surface area contributed by atoms with Gasteiger partial charge in [-0.3, -0.25) is 0 Å². The Morgan fingerprint density at radius 3 is 2.95 bits per heavy atom. The van der Waals surface area contributed by atoms with E-state index >= 15 is 0 Å². The molecule has 0 bridgehead atoms. The lowest BCUT2D eigenvalue weighted by Gasteiger charge is -2.26. The van der Waals surface area contributed by atoms with E-state index in [1.54, 1.807) is 28.7 Å². The van der Waals surface area contributed by atoms with Crippen LogP contribution in [-0.4, -0.2) is 43.4 Å². The van der Waals surface area contributed by atoms with E-state index in [1.807, 2.05) is 13.0 Å². The molecule has 0 radical (unpaired) electrons. The van der Waals surface area contributed by atoms with Crippen LogP contribution in [0, 0.1) is 0 Å². The van der Waals surface area contributed by atoms with Crippen LogP contribution in [0.5, 0.6) is 0 Å². The van der Waals surface area contributed by atoms with Crippen molar-refractivity contribution < 1.29 is 8.42 Å². The predicted octanol–water partition coefficient (Wildman–Crippen LogP) is 2.37. The summed E-state index contributed by atoms with van der Waals surface area (Å²) in [5.41, 5.74) is 0.